The summed E-state index contributed by atoms with van der Waals surface area (Å²) in [6, 6.07) is 81.7. The molecule has 14 rings (SSSR count). The van der Waals surface area contributed by atoms with Gasteiger partial charge in [-0.15, -0.1) is 11.3 Å². The highest BCUT2D eigenvalue weighted by molar-refractivity contribution is 7.25. The van der Waals surface area contributed by atoms with E-state index in [0.717, 1.165) is 17.1 Å². The third-order valence-electron chi connectivity index (χ3n) is 17.0. The molecule has 0 bridgehead atoms. The lowest BCUT2D eigenvalue weighted by atomic mass is 9.68. The van der Waals surface area contributed by atoms with Crippen molar-refractivity contribution in [2.75, 3.05) is 4.90 Å². The highest BCUT2D eigenvalue weighted by atomic mass is 32.1. The lowest BCUT2D eigenvalue weighted by Gasteiger charge is -2.34. The van der Waals surface area contributed by atoms with Gasteiger partial charge in [0.1, 0.15) is 0 Å². The standard InChI is InChI=1S/C72H59NS/c1-69(2,3)45-33-36-50-51-37-34-46(70(4,5)6)42-62(51)72(61(50)41-45)59-27-15-9-21-49(59)52-38-35-47(43-63(52)72)73(64-29-16-11-20-48(64)44-32-39-67-57(40-44)54-23-13-18-31-66(54)74-67)65-30-17-12-22-53(65)55-25-19-28-60-68(55)56-24-10-14-26-58(56)71(60,7)8/h9-43H,1-8H3. The van der Waals surface area contributed by atoms with Gasteiger partial charge >= 0.3 is 0 Å². The van der Waals surface area contributed by atoms with E-state index in [-0.39, 0.29) is 16.2 Å². The number of nitrogens with zero attached hydrogens (tertiary/aromatic N) is 1. The van der Waals surface area contributed by atoms with Crippen molar-refractivity contribution >= 4 is 48.6 Å². The first-order valence-corrected chi connectivity index (χ1v) is 27.2. The minimum atomic E-state index is -0.555. The zero-order chi connectivity index (χ0) is 50.5. The van der Waals surface area contributed by atoms with Crippen molar-refractivity contribution < 1.29 is 0 Å². The number of hydrogen-bond donors (Lipinski definition) is 0. The van der Waals surface area contributed by atoms with E-state index < -0.39 is 5.41 Å². The number of hydrogen-bond acceptors (Lipinski definition) is 2. The monoisotopic (exact) mass is 969 g/mol. The van der Waals surface area contributed by atoms with Gasteiger partial charge < -0.3 is 4.90 Å². The van der Waals surface area contributed by atoms with Crippen LogP contribution in [0.25, 0.3) is 75.8 Å². The van der Waals surface area contributed by atoms with Gasteiger partial charge in [0.15, 0.2) is 0 Å². The number of thiophene rings is 1. The first-order valence-electron chi connectivity index (χ1n) is 26.4. The average molecular weight is 970 g/mol. The van der Waals surface area contributed by atoms with Crippen LogP contribution in [0.1, 0.15) is 99.9 Å². The van der Waals surface area contributed by atoms with Gasteiger partial charge in [0, 0.05) is 42.4 Å². The van der Waals surface area contributed by atoms with E-state index in [2.05, 4.69) is 273 Å². The predicted molar refractivity (Wildman–Crippen MR) is 316 cm³/mol. The fourth-order valence-electron chi connectivity index (χ4n) is 13.3. The summed E-state index contributed by atoms with van der Waals surface area (Å²) in [5.74, 6) is 0. The topological polar surface area (TPSA) is 3.24 Å². The maximum Gasteiger partial charge on any atom is 0.0726 e. The Morgan fingerprint density at radius 3 is 1.54 bits per heavy atom. The molecule has 11 aromatic rings. The quantitative estimate of drug-likeness (QED) is 0.166. The van der Waals surface area contributed by atoms with Crippen molar-refractivity contribution in [2.45, 2.75) is 77.0 Å². The van der Waals surface area contributed by atoms with Crippen molar-refractivity contribution in [1.82, 2.24) is 0 Å². The van der Waals surface area contributed by atoms with Crippen LogP contribution in [0.15, 0.2) is 212 Å². The van der Waals surface area contributed by atoms with Gasteiger partial charge in [-0.05, 0) is 142 Å². The summed E-state index contributed by atoms with van der Waals surface area (Å²) in [7, 11) is 0. The van der Waals surface area contributed by atoms with Crippen LogP contribution < -0.4 is 4.90 Å². The second-order valence-corrected chi connectivity index (χ2v) is 24.7. The molecule has 0 atom stereocenters. The van der Waals surface area contributed by atoms with Gasteiger partial charge in [-0.3, -0.25) is 0 Å². The fourth-order valence-corrected chi connectivity index (χ4v) is 14.4. The zero-order valence-corrected chi connectivity index (χ0v) is 44.4. The van der Waals surface area contributed by atoms with Crippen LogP contribution in [0.3, 0.4) is 0 Å². The predicted octanol–water partition coefficient (Wildman–Crippen LogP) is 20.1. The Hall–Kier alpha value is -7.78. The van der Waals surface area contributed by atoms with Crippen molar-refractivity contribution in [3.8, 4) is 55.6 Å². The summed E-state index contributed by atoms with van der Waals surface area (Å²) in [5.41, 5.74) is 26.2. The van der Waals surface area contributed by atoms with Crippen molar-refractivity contribution in [3.05, 3.63) is 257 Å². The number of para-hydroxylation sites is 2. The van der Waals surface area contributed by atoms with Crippen molar-refractivity contribution in [2.24, 2.45) is 0 Å². The number of benzene rings is 10. The van der Waals surface area contributed by atoms with Crippen LogP contribution in [0.4, 0.5) is 17.1 Å². The minimum Gasteiger partial charge on any atom is -0.309 e. The van der Waals surface area contributed by atoms with Gasteiger partial charge in [0.2, 0.25) is 0 Å². The third kappa shape index (κ3) is 6.34. The third-order valence-corrected chi connectivity index (χ3v) is 18.2. The van der Waals surface area contributed by atoms with E-state index in [0.29, 0.717) is 0 Å². The van der Waals surface area contributed by atoms with Crippen molar-refractivity contribution in [1.29, 1.82) is 0 Å². The summed E-state index contributed by atoms with van der Waals surface area (Å²) in [4.78, 5) is 2.59. The molecule has 3 aliphatic carbocycles. The fraction of sp³-hybridized carbons (Fsp3) is 0.167. The summed E-state index contributed by atoms with van der Waals surface area (Å²) in [5, 5.41) is 2.60. The number of fused-ring (bicyclic) bond motifs is 16. The van der Waals surface area contributed by atoms with E-state index in [4.69, 9.17) is 0 Å². The summed E-state index contributed by atoms with van der Waals surface area (Å²) < 4.78 is 2.62. The smallest absolute Gasteiger partial charge is 0.0726 e. The highest BCUT2D eigenvalue weighted by Crippen LogP contribution is 2.65. The molecule has 0 N–H and O–H groups in total. The molecule has 1 spiro atoms. The SMILES string of the molecule is CC(C)(C)c1ccc2c(c1)C1(c3ccccc3-c3ccc(N(c4ccccc4-c4ccc5sc6ccccc6c5c4)c4ccccc4-c4cccc5c4-c4ccccc4C5(C)C)cc31)c1cc(C(C)(C)C)ccc1-2. The van der Waals surface area contributed by atoms with Gasteiger partial charge in [-0.2, -0.15) is 0 Å². The Balaban J connectivity index is 1.07. The molecule has 74 heavy (non-hydrogen) atoms. The van der Waals surface area contributed by atoms with Gasteiger partial charge in [0.25, 0.3) is 0 Å². The Kier molecular flexibility index (Phi) is 9.62. The number of rotatable bonds is 5. The second-order valence-electron chi connectivity index (χ2n) is 23.6. The molecule has 1 nitrogen and oxygen atoms in total. The molecular formula is C72H59NS. The maximum atomic E-state index is 2.59. The maximum absolute atomic E-state index is 2.59. The second kappa shape index (κ2) is 15.9. The zero-order valence-electron chi connectivity index (χ0n) is 43.6. The molecule has 0 fully saturated rings. The normalized spacial score (nSPS) is 14.4. The molecular weight excluding hydrogens is 911 g/mol. The lowest BCUT2D eigenvalue weighted by Crippen LogP contribution is -2.27. The van der Waals surface area contributed by atoms with Crippen LogP contribution in [-0.2, 0) is 21.7 Å². The Morgan fingerprint density at radius 1 is 0.351 bits per heavy atom. The molecule has 358 valence electrons. The van der Waals surface area contributed by atoms with E-state index in [1.807, 2.05) is 11.3 Å². The average Bonchev–Trinajstić information content (AvgIpc) is 4.11. The molecule has 10 aromatic carbocycles. The molecule has 0 saturated heterocycles. The van der Waals surface area contributed by atoms with Crippen LogP contribution in [0, 0.1) is 0 Å². The Morgan fingerprint density at radius 2 is 0.851 bits per heavy atom. The van der Waals surface area contributed by atoms with Gasteiger partial charge in [-0.25, -0.2) is 0 Å². The van der Waals surface area contributed by atoms with Crippen LogP contribution in [0.5, 0.6) is 0 Å². The van der Waals surface area contributed by atoms with E-state index in [1.54, 1.807) is 0 Å². The van der Waals surface area contributed by atoms with Crippen LogP contribution >= 0.6 is 11.3 Å². The van der Waals surface area contributed by atoms with E-state index in [1.165, 1.54) is 120 Å². The molecule has 0 amide bonds. The van der Waals surface area contributed by atoms with Crippen LogP contribution in [-0.4, -0.2) is 0 Å². The minimum absolute atomic E-state index is 0.0414. The Bertz CT molecular complexity index is 4080. The van der Waals surface area contributed by atoms with Crippen molar-refractivity contribution in [3.63, 3.8) is 0 Å². The molecule has 0 aliphatic heterocycles. The van der Waals surface area contributed by atoms with E-state index >= 15 is 0 Å². The largest absolute Gasteiger partial charge is 0.309 e. The molecule has 2 heteroatoms. The van der Waals surface area contributed by atoms with Crippen LogP contribution in [0.2, 0.25) is 0 Å². The summed E-state index contributed by atoms with van der Waals surface area (Å²) >= 11 is 1.87. The molecule has 1 heterocycles. The lowest BCUT2D eigenvalue weighted by molar-refractivity contribution is 0.586. The first-order chi connectivity index (χ1) is 35.7. The Labute approximate surface area is 440 Å². The van der Waals surface area contributed by atoms with Gasteiger partial charge in [0.05, 0.1) is 16.8 Å². The summed E-state index contributed by atoms with van der Waals surface area (Å²) in [6.45, 7) is 18.9. The molecule has 0 unspecified atom stereocenters. The first kappa shape index (κ1) is 44.9. The molecule has 1 aromatic heterocycles. The number of anilines is 3. The molecule has 0 radical (unpaired) electrons. The molecule has 3 aliphatic rings. The van der Waals surface area contributed by atoms with Gasteiger partial charge in [-0.1, -0.05) is 225 Å². The summed E-state index contributed by atoms with van der Waals surface area (Å²) in [6.07, 6.45) is 0. The van der Waals surface area contributed by atoms with E-state index in [9.17, 15) is 0 Å². The molecule has 0 saturated carbocycles. The highest BCUT2D eigenvalue weighted by Gasteiger charge is 2.52.